The molecule has 0 aromatic heterocycles. The second-order valence-electron chi connectivity index (χ2n) is 3.94. The normalized spacial score (nSPS) is 13.6. The molecular formula is C11H15Cl2NO3S. The fourth-order valence-electron chi connectivity index (χ4n) is 1.52. The maximum absolute atomic E-state index is 12.1. The summed E-state index contributed by atoms with van der Waals surface area (Å²) in [4.78, 5) is -0.107. The van der Waals surface area contributed by atoms with E-state index in [-0.39, 0.29) is 27.6 Å². The van der Waals surface area contributed by atoms with Crippen LogP contribution >= 0.6 is 23.2 Å². The van der Waals surface area contributed by atoms with Crippen LogP contribution in [0.5, 0.6) is 0 Å². The number of halogens is 2. The van der Waals surface area contributed by atoms with E-state index in [2.05, 4.69) is 4.72 Å². The van der Waals surface area contributed by atoms with Gasteiger partial charge >= 0.3 is 0 Å². The van der Waals surface area contributed by atoms with Crippen molar-refractivity contribution in [3.63, 3.8) is 0 Å². The number of aliphatic hydroxyl groups is 1. The molecule has 0 radical (unpaired) electrons. The number of sulfonamides is 1. The number of benzene rings is 1. The van der Waals surface area contributed by atoms with Crippen LogP contribution < -0.4 is 4.72 Å². The molecule has 102 valence electrons. The molecule has 7 heteroatoms. The van der Waals surface area contributed by atoms with Crippen LogP contribution in [0.2, 0.25) is 10.0 Å². The Morgan fingerprint density at radius 3 is 2.39 bits per heavy atom. The minimum Gasteiger partial charge on any atom is -0.396 e. The fraction of sp³-hybridized carbons (Fsp3) is 0.455. The summed E-state index contributed by atoms with van der Waals surface area (Å²) in [7, 11) is -3.75. The summed E-state index contributed by atoms with van der Waals surface area (Å²) >= 11 is 11.7. The Hall–Kier alpha value is -0.330. The highest BCUT2D eigenvalue weighted by Crippen LogP contribution is 2.28. The highest BCUT2D eigenvalue weighted by atomic mass is 35.5. The maximum Gasteiger partial charge on any atom is 0.243 e. The molecule has 1 rings (SSSR count). The average Bonchev–Trinajstić information content (AvgIpc) is 2.25. The molecule has 0 bridgehead atoms. The summed E-state index contributed by atoms with van der Waals surface area (Å²) in [5.41, 5.74) is 0. The van der Waals surface area contributed by atoms with Crippen molar-refractivity contribution in [3.8, 4) is 0 Å². The van der Waals surface area contributed by atoms with Gasteiger partial charge in [0.15, 0.2) is 0 Å². The third-order valence-corrected chi connectivity index (χ3v) is 4.88. The Morgan fingerprint density at radius 2 is 1.89 bits per heavy atom. The monoisotopic (exact) mass is 311 g/mol. The lowest BCUT2D eigenvalue weighted by atomic mass is 10.2. The van der Waals surface area contributed by atoms with E-state index in [9.17, 15) is 8.42 Å². The zero-order valence-corrected chi connectivity index (χ0v) is 12.2. The third-order valence-electron chi connectivity index (χ3n) is 2.34. The fourth-order valence-corrected chi connectivity index (χ4v) is 3.94. The van der Waals surface area contributed by atoms with E-state index in [0.717, 1.165) is 0 Å². The summed E-state index contributed by atoms with van der Waals surface area (Å²) in [6, 6.07) is 4.23. The van der Waals surface area contributed by atoms with Crippen LogP contribution in [0.4, 0.5) is 0 Å². The first-order valence-corrected chi connectivity index (χ1v) is 7.69. The van der Waals surface area contributed by atoms with Crippen molar-refractivity contribution >= 4 is 33.2 Å². The number of rotatable bonds is 6. The van der Waals surface area contributed by atoms with Gasteiger partial charge < -0.3 is 5.11 Å². The van der Waals surface area contributed by atoms with Gasteiger partial charge in [0.1, 0.15) is 4.90 Å². The lowest BCUT2D eigenvalue weighted by molar-refractivity contribution is 0.279. The molecule has 0 aliphatic carbocycles. The van der Waals surface area contributed by atoms with Gasteiger partial charge in [0.2, 0.25) is 10.0 Å². The molecule has 2 N–H and O–H groups in total. The van der Waals surface area contributed by atoms with Crippen LogP contribution in [0.1, 0.15) is 19.8 Å². The minimum absolute atomic E-state index is 0.0267. The lowest BCUT2D eigenvalue weighted by Crippen LogP contribution is -2.33. The predicted molar refractivity (Wildman–Crippen MR) is 72.6 cm³/mol. The molecule has 0 amide bonds. The highest BCUT2D eigenvalue weighted by Gasteiger charge is 2.23. The van der Waals surface area contributed by atoms with Crippen LogP contribution in [-0.2, 0) is 10.0 Å². The molecule has 1 unspecified atom stereocenters. The summed E-state index contributed by atoms with van der Waals surface area (Å²) in [6.45, 7) is 1.75. The van der Waals surface area contributed by atoms with Crippen LogP contribution in [0.25, 0.3) is 0 Å². The highest BCUT2D eigenvalue weighted by molar-refractivity contribution is 7.89. The van der Waals surface area contributed by atoms with Crippen molar-refractivity contribution in [3.05, 3.63) is 28.2 Å². The maximum atomic E-state index is 12.1. The van der Waals surface area contributed by atoms with E-state index in [1.807, 2.05) is 0 Å². The molecule has 0 saturated heterocycles. The first kappa shape index (κ1) is 15.7. The Bertz CT molecular complexity index is 485. The molecule has 0 heterocycles. The van der Waals surface area contributed by atoms with Crippen LogP contribution in [0.3, 0.4) is 0 Å². The van der Waals surface area contributed by atoms with Gasteiger partial charge in [-0.25, -0.2) is 13.1 Å². The third kappa shape index (κ3) is 4.10. The zero-order chi connectivity index (χ0) is 13.8. The topological polar surface area (TPSA) is 66.4 Å². The van der Waals surface area contributed by atoms with Gasteiger partial charge in [0.25, 0.3) is 0 Å². The van der Waals surface area contributed by atoms with Gasteiger partial charge in [-0.3, -0.25) is 0 Å². The van der Waals surface area contributed by atoms with Crippen molar-refractivity contribution in [1.29, 1.82) is 0 Å². The van der Waals surface area contributed by atoms with E-state index in [1.54, 1.807) is 13.0 Å². The van der Waals surface area contributed by atoms with Crippen molar-refractivity contribution in [2.24, 2.45) is 0 Å². The van der Waals surface area contributed by atoms with Gasteiger partial charge in [-0.15, -0.1) is 0 Å². The largest absolute Gasteiger partial charge is 0.396 e. The van der Waals surface area contributed by atoms with Gasteiger partial charge in [-0.05, 0) is 31.9 Å². The van der Waals surface area contributed by atoms with E-state index in [4.69, 9.17) is 28.3 Å². The molecule has 0 fully saturated rings. The average molecular weight is 312 g/mol. The predicted octanol–water partition coefficient (Wildman–Crippen LogP) is 2.43. The van der Waals surface area contributed by atoms with Crippen molar-refractivity contribution in [2.45, 2.75) is 30.7 Å². The van der Waals surface area contributed by atoms with Gasteiger partial charge in [0, 0.05) is 12.6 Å². The zero-order valence-electron chi connectivity index (χ0n) is 9.86. The Kier molecular flexibility index (Phi) is 5.88. The van der Waals surface area contributed by atoms with Crippen molar-refractivity contribution < 1.29 is 13.5 Å². The summed E-state index contributed by atoms with van der Waals surface area (Å²) in [5.74, 6) is 0. The van der Waals surface area contributed by atoms with E-state index < -0.39 is 10.0 Å². The quantitative estimate of drug-likeness (QED) is 0.848. The molecule has 18 heavy (non-hydrogen) atoms. The molecular weight excluding hydrogens is 297 g/mol. The Balaban J connectivity index is 2.93. The Labute approximate surface area is 117 Å². The second-order valence-corrected chi connectivity index (χ2v) is 6.40. The lowest BCUT2D eigenvalue weighted by Gasteiger charge is -2.15. The number of hydrogen-bond acceptors (Lipinski definition) is 3. The number of aliphatic hydroxyl groups excluding tert-OH is 1. The first-order chi connectivity index (χ1) is 8.38. The molecule has 4 nitrogen and oxygen atoms in total. The van der Waals surface area contributed by atoms with Gasteiger partial charge in [-0.2, -0.15) is 0 Å². The standard InChI is InChI=1S/C11H15Cl2NO3S/c1-8(4-3-7-15)14-18(16,17)11-9(12)5-2-6-10(11)13/h2,5-6,8,14-15H,3-4,7H2,1H3. The van der Waals surface area contributed by atoms with Crippen LogP contribution in [-0.4, -0.2) is 26.2 Å². The molecule has 0 aliphatic rings. The van der Waals surface area contributed by atoms with Gasteiger partial charge in [0.05, 0.1) is 10.0 Å². The Morgan fingerprint density at radius 1 is 1.33 bits per heavy atom. The molecule has 0 spiro atoms. The smallest absolute Gasteiger partial charge is 0.243 e. The van der Waals surface area contributed by atoms with E-state index in [0.29, 0.717) is 12.8 Å². The summed E-state index contributed by atoms with van der Waals surface area (Å²) < 4.78 is 26.7. The molecule has 1 aromatic rings. The molecule has 0 saturated carbocycles. The van der Waals surface area contributed by atoms with Gasteiger partial charge in [-0.1, -0.05) is 29.3 Å². The van der Waals surface area contributed by atoms with Crippen LogP contribution in [0.15, 0.2) is 23.1 Å². The molecule has 1 atom stereocenters. The summed E-state index contributed by atoms with van der Waals surface area (Å²) in [6.07, 6.45) is 1.07. The molecule has 0 aliphatic heterocycles. The SMILES string of the molecule is CC(CCCO)NS(=O)(=O)c1c(Cl)cccc1Cl. The number of hydrogen-bond donors (Lipinski definition) is 2. The molecule has 1 aromatic carbocycles. The minimum atomic E-state index is -3.75. The van der Waals surface area contributed by atoms with E-state index >= 15 is 0 Å². The second kappa shape index (κ2) is 6.73. The number of nitrogens with one attached hydrogen (secondary N) is 1. The van der Waals surface area contributed by atoms with E-state index in [1.165, 1.54) is 12.1 Å². The van der Waals surface area contributed by atoms with Crippen molar-refractivity contribution in [2.75, 3.05) is 6.61 Å². The first-order valence-electron chi connectivity index (χ1n) is 5.45. The van der Waals surface area contributed by atoms with Crippen LogP contribution in [0, 0.1) is 0 Å². The summed E-state index contributed by atoms with van der Waals surface area (Å²) in [5, 5.41) is 8.87. The van der Waals surface area contributed by atoms with Crippen molar-refractivity contribution in [1.82, 2.24) is 4.72 Å².